The van der Waals surface area contributed by atoms with E-state index in [1.165, 1.54) is 0 Å². The molecule has 0 bridgehead atoms. The van der Waals surface area contributed by atoms with Crippen molar-refractivity contribution in [2.75, 3.05) is 19.5 Å². The number of hydrogen-bond acceptors (Lipinski definition) is 5. The molecule has 0 saturated heterocycles. The second-order valence-corrected chi connectivity index (χ2v) is 5.32. The van der Waals surface area contributed by atoms with Crippen molar-refractivity contribution in [1.29, 1.82) is 0 Å². The van der Waals surface area contributed by atoms with Crippen molar-refractivity contribution in [3.05, 3.63) is 60.2 Å². The van der Waals surface area contributed by atoms with Gasteiger partial charge in [0, 0.05) is 12.1 Å². The lowest BCUT2D eigenvalue weighted by molar-refractivity contribution is 0.352. The van der Waals surface area contributed by atoms with Crippen molar-refractivity contribution in [2.24, 2.45) is 0 Å². The maximum absolute atomic E-state index is 5.67. The zero-order valence-electron chi connectivity index (χ0n) is 13.8. The number of methoxy groups -OCH3 is 2. The molecule has 2 aromatic carbocycles. The van der Waals surface area contributed by atoms with Crippen molar-refractivity contribution in [2.45, 2.75) is 13.0 Å². The Balaban J connectivity index is 1.83. The van der Waals surface area contributed by atoms with Gasteiger partial charge < -0.3 is 19.2 Å². The molecule has 5 heteroatoms. The molecule has 5 nitrogen and oxygen atoms in total. The highest BCUT2D eigenvalue weighted by atomic mass is 16.5. The summed E-state index contributed by atoms with van der Waals surface area (Å²) in [5, 5.41) is 3.21. The number of ether oxygens (including phenoxy) is 2. The maximum Gasteiger partial charge on any atom is 0.295 e. The normalized spacial score (nSPS) is 10.6. The Morgan fingerprint density at radius 1 is 1.21 bits per heavy atom. The average molecular weight is 324 g/mol. The fraction of sp³-hybridized carbons (Fsp3) is 0.211. The van der Waals surface area contributed by atoms with Gasteiger partial charge in [0.2, 0.25) is 0 Å². The lowest BCUT2D eigenvalue weighted by Crippen LogP contribution is -2.03. The van der Waals surface area contributed by atoms with Gasteiger partial charge >= 0.3 is 0 Å². The molecule has 0 spiro atoms. The third-order valence-corrected chi connectivity index (χ3v) is 3.72. The molecule has 0 saturated carbocycles. The van der Waals surface area contributed by atoms with Crippen molar-refractivity contribution in [3.63, 3.8) is 0 Å². The molecule has 0 aliphatic rings. The van der Waals surface area contributed by atoms with E-state index < -0.39 is 0 Å². The standard InChI is InChI=1S/C19H20N2O3/c1-4-7-14-10-13(11-17(22-2)18(14)23-3)12-20-19-21-15-8-5-6-9-16(15)24-19/h4-6,8-11H,1,7,12H2,2-3H3,(H,20,21). The quantitative estimate of drug-likeness (QED) is 0.661. The highest BCUT2D eigenvalue weighted by Crippen LogP contribution is 2.33. The number of para-hydroxylation sites is 2. The number of fused-ring (bicyclic) bond motifs is 1. The predicted molar refractivity (Wildman–Crippen MR) is 94.8 cm³/mol. The molecule has 24 heavy (non-hydrogen) atoms. The minimum atomic E-state index is 0.497. The van der Waals surface area contributed by atoms with Crippen LogP contribution in [0.2, 0.25) is 0 Å². The summed E-state index contributed by atoms with van der Waals surface area (Å²) in [6, 6.07) is 12.2. The van der Waals surface area contributed by atoms with Crippen LogP contribution >= 0.6 is 0 Å². The Labute approximate surface area is 140 Å². The van der Waals surface area contributed by atoms with Crippen LogP contribution in [0.4, 0.5) is 6.01 Å². The van der Waals surface area contributed by atoms with Crippen LogP contribution in [0.5, 0.6) is 11.5 Å². The number of allylic oxidation sites excluding steroid dienone is 1. The molecule has 0 radical (unpaired) electrons. The molecule has 0 aliphatic heterocycles. The third kappa shape index (κ3) is 3.20. The Morgan fingerprint density at radius 2 is 2.04 bits per heavy atom. The van der Waals surface area contributed by atoms with E-state index in [0.29, 0.717) is 24.7 Å². The van der Waals surface area contributed by atoms with Crippen molar-refractivity contribution in [1.82, 2.24) is 4.98 Å². The largest absolute Gasteiger partial charge is 0.493 e. The van der Waals surface area contributed by atoms with Crippen molar-refractivity contribution < 1.29 is 13.9 Å². The van der Waals surface area contributed by atoms with Crippen LogP contribution < -0.4 is 14.8 Å². The average Bonchev–Trinajstić information content (AvgIpc) is 3.02. The van der Waals surface area contributed by atoms with Crippen LogP contribution in [0.15, 0.2) is 53.5 Å². The summed E-state index contributed by atoms with van der Waals surface area (Å²) < 4.78 is 16.6. The van der Waals surface area contributed by atoms with Gasteiger partial charge in [-0.15, -0.1) is 6.58 Å². The molecule has 0 aliphatic carbocycles. The molecule has 1 heterocycles. The summed E-state index contributed by atoms with van der Waals surface area (Å²) in [5.41, 5.74) is 3.67. The molecule has 0 atom stereocenters. The Hall–Kier alpha value is -2.95. The van der Waals surface area contributed by atoms with Gasteiger partial charge in [-0.2, -0.15) is 4.98 Å². The van der Waals surface area contributed by atoms with Crippen LogP contribution in [0.3, 0.4) is 0 Å². The lowest BCUT2D eigenvalue weighted by atomic mass is 10.1. The van der Waals surface area contributed by atoms with Gasteiger partial charge in [0.25, 0.3) is 6.01 Å². The van der Waals surface area contributed by atoms with Gasteiger partial charge in [-0.1, -0.05) is 18.2 Å². The van der Waals surface area contributed by atoms with E-state index in [-0.39, 0.29) is 0 Å². The smallest absolute Gasteiger partial charge is 0.295 e. The van der Waals surface area contributed by atoms with Crippen molar-refractivity contribution in [3.8, 4) is 11.5 Å². The number of benzene rings is 2. The van der Waals surface area contributed by atoms with Gasteiger partial charge in [-0.3, -0.25) is 0 Å². The van der Waals surface area contributed by atoms with E-state index in [4.69, 9.17) is 13.9 Å². The highest BCUT2D eigenvalue weighted by molar-refractivity contribution is 5.74. The molecule has 3 rings (SSSR count). The number of rotatable bonds is 7. The Kier molecular flexibility index (Phi) is 4.70. The summed E-state index contributed by atoms with van der Waals surface area (Å²) in [7, 11) is 3.27. The van der Waals surface area contributed by atoms with E-state index in [1.54, 1.807) is 14.2 Å². The van der Waals surface area contributed by atoms with E-state index in [9.17, 15) is 0 Å². The molecular weight excluding hydrogens is 304 g/mol. The first-order valence-electron chi connectivity index (χ1n) is 7.69. The van der Waals surface area contributed by atoms with Gasteiger partial charge in [-0.05, 0) is 36.2 Å². The SMILES string of the molecule is C=CCc1cc(CNc2nc3ccccc3o2)cc(OC)c1OC. The second kappa shape index (κ2) is 7.08. The van der Waals surface area contributed by atoms with Crippen LogP contribution in [0.1, 0.15) is 11.1 Å². The highest BCUT2D eigenvalue weighted by Gasteiger charge is 2.12. The van der Waals surface area contributed by atoms with Crippen LogP contribution in [-0.2, 0) is 13.0 Å². The fourth-order valence-corrected chi connectivity index (χ4v) is 2.64. The van der Waals surface area contributed by atoms with Gasteiger partial charge in [-0.25, -0.2) is 0 Å². The Bertz CT molecular complexity index is 822. The number of aromatic nitrogens is 1. The van der Waals surface area contributed by atoms with E-state index >= 15 is 0 Å². The van der Waals surface area contributed by atoms with E-state index in [1.807, 2.05) is 36.4 Å². The lowest BCUT2D eigenvalue weighted by Gasteiger charge is -2.14. The number of nitrogens with zero attached hydrogens (tertiary/aromatic N) is 1. The molecule has 0 amide bonds. The number of hydrogen-bond donors (Lipinski definition) is 1. The first kappa shape index (κ1) is 15.9. The summed E-state index contributed by atoms with van der Waals surface area (Å²) in [5.74, 6) is 1.44. The summed E-state index contributed by atoms with van der Waals surface area (Å²) >= 11 is 0. The van der Waals surface area contributed by atoms with E-state index in [0.717, 1.165) is 28.0 Å². The fourth-order valence-electron chi connectivity index (χ4n) is 2.64. The summed E-state index contributed by atoms with van der Waals surface area (Å²) in [6.07, 6.45) is 2.55. The second-order valence-electron chi connectivity index (χ2n) is 5.32. The predicted octanol–water partition coefficient (Wildman–Crippen LogP) is 4.19. The Morgan fingerprint density at radius 3 is 2.75 bits per heavy atom. The molecule has 1 aromatic heterocycles. The first-order valence-corrected chi connectivity index (χ1v) is 7.69. The molecular formula is C19H20N2O3. The molecule has 0 unspecified atom stereocenters. The molecule has 0 fully saturated rings. The molecule has 3 aromatic rings. The summed E-state index contributed by atoms with van der Waals surface area (Å²) in [6.45, 7) is 4.36. The topological polar surface area (TPSA) is 56.5 Å². The summed E-state index contributed by atoms with van der Waals surface area (Å²) in [4.78, 5) is 4.41. The maximum atomic E-state index is 5.67. The van der Waals surface area contributed by atoms with Gasteiger partial charge in [0.1, 0.15) is 5.52 Å². The number of nitrogens with one attached hydrogen (secondary N) is 1. The van der Waals surface area contributed by atoms with Crippen molar-refractivity contribution >= 4 is 17.1 Å². The van der Waals surface area contributed by atoms with Crippen LogP contribution in [0.25, 0.3) is 11.1 Å². The van der Waals surface area contributed by atoms with E-state index in [2.05, 4.69) is 22.9 Å². The van der Waals surface area contributed by atoms with Gasteiger partial charge in [0.05, 0.1) is 14.2 Å². The van der Waals surface area contributed by atoms with Gasteiger partial charge in [0.15, 0.2) is 17.1 Å². The monoisotopic (exact) mass is 324 g/mol. The van der Waals surface area contributed by atoms with Crippen LogP contribution in [-0.4, -0.2) is 19.2 Å². The number of anilines is 1. The zero-order valence-corrected chi connectivity index (χ0v) is 13.8. The molecule has 1 N–H and O–H groups in total. The molecule has 124 valence electrons. The first-order chi connectivity index (χ1) is 11.7. The van der Waals surface area contributed by atoms with Crippen LogP contribution in [0, 0.1) is 0 Å². The minimum Gasteiger partial charge on any atom is -0.493 e. The zero-order chi connectivity index (χ0) is 16.9. The number of oxazole rings is 1. The third-order valence-electron chi connectivity index (χ3n) is 3.72. The minimum absolute atomic E-state index is 0.497.